The topological polar surface area (TPSA) is 103 Å². The quantitative estimate of drug-likeness (QED) is 0.432. The summed E-state index contributed by atoms with van der Waals surface area (Å²) in [5.41, 5.74) is 6.10. The highest BCUT2D eigenvalue weighted by Crippen LogP contribution is 2.37. The average Bonchev–Trinajstić information content (AvgIpc) is 3.49. The first kappa shape index (κ1) is 26.4. The number of pyridine rings is 1. The zero-order valence-electron chi connectivity index (χ0n) is 22.7. The monoisotopic (exact) mass is 506 g/mol. The van der Waals surface area contributed by atoms with Crippen molar-refractivity contribution in [1.82, 2.24) is 34.7 Å². The zero-order chi connectivity index (χ0) is 26.7. The molecule has 0 radical (unpaired) electrons. The summed E-state index contributed by atoms with van der Waals surface area (Å²) in [5.74, 6) is 1.89. The van der Waals surface area contributed by atoms with Crippen LogP contribution >= 0.6 is 0 Å². The van der Waals surface area contributed by atoms with E-state index < -0.39 is 0 Å². The molecule has 4 rings (SSSR count). The molecule has 0 aliphatic carbocycles. The van der Waals surface area contributed by atoms with Crippen LogP contribution in [-0.4, -0.2) is 88.9 Å². The SMILES string of the molecule is C=N/C(=C\c1c(C)[nH]c(-c2cc(OC)c3ncnn3c2)c1C(C)C)N1CCC(NCC(=O)N(C)C)CC1. The first-order valence-electron chi connectivity index (χ1n) is 12.7. The van der Waals surface area contributed by atoms with Crippen LogP contribution in [0.25, 0.3) is 23.0 Å². The van der Waals surface area contributed by atoms with E-state index in [0.717, 1.165) is 54.3 Å². The molecular formula is C27H38N8O2. The van der Waals surface area contributed by atoms with Crippen LogP contribution in [0.5, 0.6) is 5.75 Å². The lowest BCUT2D eigenvalue weighted by atomic mass is 9.94. The van der Waals surface area contributed by atoms with Crippen LogP contribution in [0.15, 0.2) is 29.4 Å². The maximum atomic E-state index is 11.9. The van der Waals surface area contributed by atoms with Crippen molar-refractivity contribution >= 4 is 24.3 Å². The molecule has 0 spiro atoms. The molecule has 0 aromatic carbocycles. The van der Waals surface area contributed by atoms with E-state index in [0.29, 0.717) is 24.0 Å². The van der Waals surface area contributed by atoms with E-state index in [1.165, 1.54) is 11.9 Å². The molecular weight excluding hydrogens is 468 g/mol. The van der Waals surface area contributed by atoms with Gasteiger partial charge in [-0.1, -0.05) is 13.8 Å². The van der Waals surface area contributed by atoms with Crippen molar-refractivity contribution in [2.75, 3.05) is 40.8 Å². The van der Waals surface area contributed by atoms with Gasteiger partial charge in [-0.3, -0.25) is 4.79 Å². The van der Waals surface area contributed by atoms with Crippen molar-refractivity contribution in [1.29, 1.82) is 0 Å². The van der Waals surface area contributed by atoms with Crippen LogP contribution < -0.4 is 10.1 Å². The molecule has 1 saturated heterocycles. The summed E-state index contributed by atoms with van der Waals surface area (Å²) < 4.78 is 7.33. The van der Waals surface area contributed by atoms with Crippen molar-refractivity contribution in [3.8, 4) is 17.0 Å². The minimum atomic E-state index is 0.0938. The Kier molecular flexibility index (Phi) is 7.97. The average molecular weight is 507 g/mol. The molecule has 0 bridgehead atoms. The number of methoxy groups -OCH3 is 1. The number of hydrogen-bond donors (Lipinski definition) is 2. The summed E-state index contributed by atoms with van der Waals surface area (Å²) in [6.07, 6.45) is 7.53. The van der Waals surface area contributed by atoms with Gasteiger partial charge >= 0.3 is 0 Å². The number of hydrogen-bond acceptors (Lipinski definition) is 7. The van der Waals surface area contributed by atoms with E-state index >= 15 is 0 Å². The summed E-state index contributed by atoms with van der Waals surface area (Å²) >= 11 is 0. The molecule has 1 fully saturated rings. The molecule has 4 heterocycles. The second kappa shape index (κ2) is 11.2. The van der Waals surface area contributed by atoms with Crippen molar-refractivity contribution in [3.05, 3.63) is 41.2 Å². The molecule has 1 aliphatic heterocycles. The van der Waals surface area contributed by atoms with Gasteiger partial charge in [0.1, 0.15) is 12.1 Å². The van der Waals surface area contributed by atoms with Crippen molar-refractivity contribution < 1.29 is 9.53 Å². The summed E-state index contributed by atoms with van der Waals surface area (Å²) in [7, 11) is 5.21. The second-order valence-corrected chi connectivity index (χ2v) is 10.0. The number of likely N-dealkylation sites (N-methyl/N-ethyl adjacent to an activating group) is 1. The number of carbonyl (C=O) groups excluding carboxylic acids is 1. The number of carbonyl (C=O) groups is 1. The van der Waals surface area contributed by atoms with Crippen LogP contribution in [0.1, 0.15) is 49.4 Å². The van der Waals surface area contributed by atoms with Crippen LogP contribution in [0.3, 0.4) is 0 Å². The molecule has 3 aromatic heterocycles. The molecule has 10 heteroatoms. The Morgan fingerprint density at radius 3 is 2.73 bits per heavy atom. The summed E-state index contributed by atoms with van der Waals surface area (Å²) in [4.78, 5) is 28.1. The van der Waals surface area contributed by atoms with E-state index in [2.05, 4.69) is 63.8 Å². The number of piperidine rings is 1. The number of ether oxygens (including phenoxy) is 1. The lowest BCUT2D eigenvalue weighted by Gasteiger charge is -2.34. The van der Waals surface area contributed by atoms with E-state index in [4.69, 9.17) is 4.74 Å². The van der Waals surface area contributed by atoms with E-state index in [9.17, 15) is 4.79 Å². The third-order valence-electron chi connectivity index (χ3n) is 7.00. The van der Waals surface area contributed by atoms with Crippen LogP contribution in [0, 0.1) is 6.92 Å². The third kappa shape index (κ3) is 5.53. The Morgan fingerprint density at radius 2 is 2.11 bits per heavy atom. The fraction of sp³-hybridized carbons (Fsp3) is 0.481. The van der Waals surface area contributed by atoms with Gasteiger partial charge in [0.2, 0.25) is 5.91 Å². The standard InChI is InChI=1S/C27H38N8O2/c1-17(2)25-21(13-23(28-4)34-10-8-20(9-11-34)29-14-24(36)33(5)6)18(3)32-26(25)19-12-22(37-7)27-30-16-31-35(27)15-19/h12-13,15-17,20,29,32H,4,8-11,14H2,1-3,5-7H3/b23-13+. The number of fused-ring (bicyclic) bond motifs is 1. The van der Waals surface area contributed by atoms with Crippen molar-refractivity contribution in [2.24, 2.45) is 4.99 Å². The minimum absolute atomic E-state index is 0.0938. The molecule has 198 valence electrons. The first-order chi connectivity index (χ1) is 17.7. The predicted molar refractivity (Wildman–Crippen MR) is 147 cm³/mol. The van der Waals surface area contributed by atoms with Crippen LogP contribution in [0.4, 0.5) is 0 Å². The van der Waals surface area contributed by atoms with Gasteiger partial charge in [-0.05, 0) is 50.1 Å². The summed E-state index contributed by atoms with van der Waals surface area (Å²) in [5, 5.41) is 7.72. The zero-order valence-corrected chi connectivity index (χ0v) is 22.7. The number of H-pyrrole nitrogens is 1. The van der Waals surface area contributed by atoms with Crippen LogP contribution in [-0.2, 0) is 4.79 Å². The maximum absolute atomic E-state index is 11.9. The number of aryl methyl sites for hydroxylation is 1. The number of amides is 1. The fourth-order valence-electron chi connectivity index (χ4n) is 4.92. The number of rotatable bonds is 9. The Bertz CT molecular complexity index is 1300. The van der Waals surface area contributed by atoms with Gasteiger partial charge in [-0.15, -0.1) is 0 Å². The molecule has 2 N–H and O–H groups in total. The molecule has 10 nitrogen and oxygen atoms in total. The highest BCUT2D eigenvalue weighted by molar-refractivity contribution is 5.77. The molecule has 1 aliphatic rings. The number of aromatic amines is 1. The lowest BCUT2D eigenvalue weighted by molar-refractivity contribution is -0.127. The highest BCUT2D eigenvalue weighted by atomic mass is 16.5. The van der Waals surface area contributed by atoms with Crippen molar-refractivity contribution in [2.45, 2.75) is 45.6 Å². The normalized spacial score (nSPS) is 15.0. The van der Waals surface area contributed by atoms with Crippen LogP contribution in [0.2, 0.25) is 0 Å². The highest BCUT2D eigenvalue weighted by Gasteiger charge is 2.24. The number of nitrogens with zero attached hydrogens (tertiary/aromatic N) is 6. The number of aliphatic imine (C=N–C) groups is 1. The van der Waals surface area contributed by atoms with Gasteiger partial charge in [0.25, 0.3) is 0 Å². The van der Waals surface area contributed by atoms with Gasteiger partial charge in [0.15, 0.2) is 11.4 Å². The lowest BCUT2D eigenvalue weighted by Crippen LogP contribution is -2.45. The van der Waals surface area contributed by atoms with E-state index in [1.54, 1.807) is 30.6 Å². The Morgan fingerprint density at radius 1 is 1.38 bits per heavy atom. The molecule has 3 aromatic rings. The summed E-state index contributed by atoms with van der Waals surface area (Å²) in [6.45, 7) is 12.4. The van der Waals surface area contributed by atoms with E-state index in [1.807, 2.05) is 12.3 Å². The molecule has 0 saturated carbocycles. The Balaban J connectivity index is 1.60. The minimum Gasteiger partial charge on any atom is -0.493 e. The van der Waals surface area contributed by atoms with Gasteiger partial charge in [-0.2, -0.15) is 5.10 Å². The largest absolute Gasteiger partial charge is 0.493 e. The van der Waals surface area contributed by atoms with Gasteiger partial charge in [0.05, 0.1) is 19.3 Å². The molecule has 0 atom stereocenters. The maximum Gasteiger partial charge on any atom is 0.236 e. The van der Waals surface area contributed by atoms with Gasteiger partial charge in [0, 0.05) is 56.2 Å². The smallest absolute Gasteiger partial charge is 0.236 e. The predicted octanol–water partition coefficient (Wildman–Crippen LogP) is 3.31. The Labute approximate surface area is 218 Å². The van der Waals surface area contributed by atoms with Gasteiger partial charge in [-0.25, -0.2) is 14.5 Å². The second-order valence-electron chi connectivity index (χ2n) is 10.0. The third-order valence-corrected chi connectivity index (χ3v) is 7.00. The Hall–Kier alpha value is -3.66. The number of nitrogens with one attached hydrogen (secondary N) is 2. The first-order valence-corrected chi connectivity index (χ1v) is 12.7. The van der Waals surface area contributed by atoms with E-state index in [-0.39, 0.29) is 11.8 Å². The molecule has 0 unspecified atom stereocenters. The number of likely N-dealkylation sites (tertiary alicyclic amines) is 1. The summed E-state index contributed by atoms with van der Waals surface area (Å²) in [6, 6.07) is 2.32. The number of aromatic nitrogens is 4. The molecule has 37 heavy (non-hydrogen) atoms. The molecule has 1 amide bonds. The fourth-order valence-corrected chi connectivity index (χ4v) is 4.92. The van der Waals surface area contributed by atoms with Crippen molar-refractivity contribution in [3.63, 3.8) is 0 Å². The van der Waals surface area contributed by atoms with Gasteiger partial charge < -0.3 is 24.8 Å².